The predicted molar refractivity (Wildman–Crippen MR) is 93.8 cm³/mol. The highest BCUT2D eigenvalue weighted by Crippen LogP contribution is 2.31. The first-order chi connectivity index (χ1) is 10.7. The summed E-state index contributed by atoms with van der Waals surface area (Å²) in [5, 5.41) is 15.5. The quantitative estimate of drug-likeness (QED) is 0.584. The lowest BCUT2D eigenvalue weighted by Crippen LogP contribution is -2.15. The molecular formula is C14H16IN5OS. The lowest BCUT2D eigenvalue weighted by molar-refractivity contribution is -0.113. The summed E-state index contributed by atoms with van der Waals surface area (Å²) >= 11 is 3.62. The fourth-order valence-corrected chi connectivity index (χ4v) is 3.62. The van der Waals surface area contributed by atoms with Gasteiger partial charge in [-0.3, -0.25) is 4.79 Å². The highest BCUT2D eigenvalue weighted by molar-refractivity contribution is 14.1. The number of hydrogen-bond acceptors (Lipinski definition) is 5. The van der Waals surface area contributed by atoms with E-state index in [1.807, 2.05) is 28.9 Å². The SMILES string of the molecule is O=C(CSc1nnnn1C1CCCC1)Nc1ccc(I)cc1. The molecule has 1 aromatic carbocycles. The van der Waals surface area contributed by atoms with Crippen LogP contribution in [-0.4, -0.2) is 31.9 Å². The van der Waals surface area contributed by atoms with Gasteiger partial charge < -0.3 is 5.32 Å². The first-order valence-corrected chi connectivity index (χ1v) is 9.25. The number of nitrogens with one attached hydrogen (secondary N) is 1. The molecule has 0 atom stereocenters. The van der Waals surface area contributed by atoms with Crippen LogP contribution in [0.25, 0.3) is 0 Å². The number of rotatable bonds is 5. The fourth-order valence-electron chi connectivity index (χ4n) is 2.52. The molecule has 1 aliphatic carbocycles. The van der Waals surface area contributed by atoms with E-state index in [0.29, 0.717) is 11.8 Å². The van der Waals surface area contributed by atoms with Crippen molar-refractivity contribution in [1.82, 2.24) is 20.2 Å². The van der Waals surface area contributed by atoms with E-state index in [2.05, 4.69) is 43.4 Å². The van der Waals surface area contributed by atoms with Crippen LogP contribution >= 0.6 is 34.4 Å². The van der Waals surface area contributed by atoms with E-state index < -0.39 is 0 Å². The summed E-state index contributed by atoms with van der Waals surface area (Å²) in [6, 6.07) is 8.10. The van der Waals surface area contributed by atoms with E-state index >= 15 is 0 Å². The molecule has 116 valence electrons. The minimum atomic E-state index is -0.0489. The van der Waals surface area contributed by atoms with Crippen molar-refractivity contribution in [2.45, 2.75) is 36.9 Å². The fraction of sp³-hybridized carbons (Fsp3) is 0.429. The molecule has 1 N–H and O–H groups in total. The predicted octanol–water partition coefficient (Wildman–Crippen LogP) is 3.12. The van der Waals surface area contributed by atoms with Crippen LogP contribution in [0.4, 0.5) is 5.69 Å². The average Bonchev–Trinajstić information content (AvgIpc) is 3.18. The Bertz CT molecular complexity index is 639. The van der Waals surface area contributed by atoms with Gasteiger partial charge in [0.1, 0.15) is 0 Å². The number of thioether (sulfide) groups is 1. The van der Waals surface area contributed by atoms with Gasteiger partial charge in [-0.15, -0.1) is 5.10 Å². The van der Waals surface area contributed by atoms with E-state index in [-0.39, 0.29) is 5.91 Å². The van der Waals surface area contributed by atoms with Crippen molar-refractivity contribution < 1.29 is 4.79 Å². The van der Waals surface area contributed by atoms with Gasteiger partial charge in [0.05, 0.1) is 11.8 Å². The normalized spacial score (nSPS) is 15.1. The summed E-state index contributed by atoms with van der Waals surface area (Å²) in [6.07, 6.45) is 4.69. The molecule has 1 saturated carbocycles. The first kappa shape index (κ1) is 15.7. The van der Waals surface area contributed by atoms with Crippen molar-refractivity contribution >= 4 is 45.9 Å². The maximum atomic E-state index is 12.0. The van der Waals surface area contributed by atoms with Crippen molar-refractivity contribution in [1.29, 1.82) is 0 Å². The van der Waals surface area contributed by atoms with Crippen molar-refractivity contribution in [2.24, 2.45) is 0 Å². The summed E-state index contributed by atoms with van der Waals surface area (Å²) in [4.78, 5) is 12.0. The molecule has 2 aromatic rings. The zero-order chi connectivity index (χ0) is 15.4. The Labute approximate surface area is 146 Å². The molecule has 0 aliphatic heterocycles. The molecule has 1 fully saturated rings. The van der Waals surface area contributed by atoms with Crippen molar-refractivity contribution in [3.05, 3.63) is 27.8 Å². The van der Waals surface area contributed by atoms with Gasteiger partial charge in [-0.2, -0.15) is 0 Å². The lowest BCUT2D eigenvalue weighted by Gasteiger charge is -2.10. The van der Waals surface area contributed by atoms with Crippen LogP contribution in [0.3, 0.4) is 0 Å². The van der Waals surface area contributed by atoms with Gasteiger partial charge in [-0.25, -0.2) is 4.68 Å². The molecule has 0 radical (unpaired) electrons. The van der Waals surface area contributed by atoms with Gasteiger partial charge in [0.25, 0.3) is 0 Å². The molecule has 1 amide bonds. The summed E-state index contributed by atoms with van der Waals surface area (Å²) < 4.78 is 3.01. The Balaban J connectivity index is 1.55. The Hall–Kier alpha value is -1.16. The Morgan fingerprint density at radius 3 is 2.77 bits per heavy atom. The number of carbonyl (C=O) groups excluding carboxylic acids is 1. The number of benzene rings is 1. The summed E-state index contributed by atoms with van der Waals surface area (Å²) in [7, 11) is 0. The van der Waals surface area contributed by atoms with Crippen LogP contribution in [0, 0.1) is 3.57 Å². The van der Waals surface area contributed by atoms with Gasteiger partial charge in [0, 0.05) is 9.26 Å². The molecule has 0 spiro atoms. The van der Waals surface area contributed by atoms with Gasteiger partial charge in [-0.1, -0.05) is 24.6 Å². The third kappa shape index (κ3) is 3.97. The van der Waals surface area contributed by atoms with E-state index in [1.165, 1.54) is 24.6 Å². The van der Waals surface area contributed by atoms with Gasteiger partial charge in [0.2, 0.25) is 11.1 Å². The number of halogens is 1. The van der Waals surface area contributed by atoms with Crippen molar-refractivity contribution in [3.63, 3.8) is 0 Å². The zero-order valence-electron chi connectivity index (χ0n) is 11.9. The van der Waals surface area contributed by atoms with E-state index in [0.717, 1.165) is 27.3 Å². The number of carbonyl (C=O) groups is 1. The maximum absolute atomic E-state index is 12.0. The number of anilines is 1. The molecule has 3 rings (SSSR count). The molecule has 0 saturated heterocycles. The monoisotopic (exact) mass is 429 g/mol. The molecular weight excluding hydrogens is 413 g/mol. The zero-order valence-corrected chi connectivity index (χ0v) is 14.9. The van der Waals surface area contributed by atoms with Crippen molar-refractivity contribution in [2.75, 3.05) is 11.1 Å². The van der Waals surface area contributed by atoms with Crippen molar-refractivity contribution in [3.8, 4) is 0 Å². The van der Waals surface area contributed by atoms with Crippen LogP contribution in [-0.2, 0) is 4.79 Å². The molecule has 1 aliphatic rings. The van der Waals surface area contributed by atoms with Gasteiger partial charge in [0.15, 0.2) is 0 Å². The number of hydrogen-bond donors (Lipinski definition) is 1. The van der Waals surface area contributed by atoms with E-state index in [1.54, 1.807) is 0 Å². The molecule has 22 heavy (non-hydrogen) atoms. The van der Waals surface area contributed by atoms with E-state index in [4.69, 9.17) is 0 Å². The standard InChI is InChI=1S/C14H16IN5OS/c15-10-5-7-11(8-6-10)16-13(21)9-22-14-17-18-19-20(14)12-3-1-2-4-12/h5-8,12H,1-4,9H2,(H,16,21). The number of amides is 1. The Kier molecular flexibility index (Phi) is 5.29. The Morgan fingerprint density at radius 2 is 2.05 bits per heavy atom. The molecule has 0 unspecified atom stereocenters. The van der Waals surface area contributed by atoms with Crippen LogP contribution in [0.1, 0.15) is 31.7 Å². The second kappa shape index (κ2) is 7.40. The third-order valence-electron chi connectivity index (χ3n) is 3.59. The van der Waals surface area contributed by atoms with Crippen LogP contribution in [0.2, 0.25) is 0 Å². The number of nitrogens with zero attached hydrogens (tertiary/aromatic N) is 4. The van der Waals surface area contributed by atoms with Gasteiger partial charge in [-0.05, 0) is 70.1 Å². The molecule has 1 aromatic heterocycles. The number of tetrazole rings is 1. The van der Waals surface area contributed by atoms with Gasteiger partial charge >= 0.3 is 0 Å². The highest BCUT2D eigenvalue weighted by atomic mass is 127. The largest absolute Gasteiger partial charge is 0.325 e. The summed E-state index contributed by atoms with van der Waals surface area (Å²) in [5.41, 5.74) is 0.807. The van der Waals surface area contributed by atoms with Crippen LogP contribution in [0.15, 0.2) is 29.4 Å². The highest BCUT2D eigenvalue weighted by Gasteiger charge is 2.22. The van der Waals surface area contributed by atoms with Crippen LogP contribution < -0.4 is 5.32 Å². The summed E-state index contributed by atoms with van der Waals surface area (Å²) in [6.45, 7) is 0. The minimum absolute atomic E-state index is 0.0489. The van der Waals surface area contributed by atoms with Crippen LogP contribution in [0.5, 0.6) is 0 Å². The molecule has 8 heteroatoms. The third-order valence-corrected chi connectivity index (χ3v) is 5.25. The van der Waals surface area contributed by atoms with E-state index in [9.17, 15) is 4.79 Å². The minimum Gasteiger partial charge on any atom is -0.325 e. The topological polar surface area (TPSA) is 72.7 Å². The first-order valence-electron chi connectivity index (χ1n) is 7.18. The smallest absolute Gasteiger partial charge is 0.234 e. The summed E-state index contributed by atoms with van der Waals surface area (Å²) in [5.74, 6) is 0.256. The Morgan fingerprint density at radius 1 is 1.32 bits per heavy atom. The molecule has 6 nitrogen and oxygen atoms in total. The number of aromatic nitrogens is 4. The molecule has 0 bridgehead atoms. The molecule has 1 heterocycles. The average molecular weight is 429 g/mol. The second-order valence-corrected chi connectivity index (χ2v) is 7.38. The second-order valence-electron chi connectivity index (χ2n) is 5.19. The maximum Gasteiger partial charge on any atom is 0.234 e. The lowest BCUT2D eigenvalue weighted by atomic mass is 10.3.